The normalized spacial score (nSPS) is 22.9. The zero-order valence-corrected chi connectivity index (χ0v) is 12.0. The van der Waals surface area contributed by atoms with Crippen molar-refractivity contribution in [1.29, 1.82) is 0 Å². The van der Waals surface area contributed by atoms with E-state index in [4.69, 9.17) is 27.9 Å². The molecule has 1 fully saturated rings. The van der Waals surface area contributed by atoms with Crippen molar-refractivity contribution in [3.05, 3.63) is 16.4 Å². The Kier molecular flexibility index (Phi) is 4.82. The zero-order valence-electron chi connectivity index (χ0n) is 10.5. The number of hydrogen-bond acceptors (Lipinski definition) is 5. The lowest BCUT2D eigenvalue weighted by molar-refractivity contribution is -0.146. The van der Waals surface area contributed by atoms with Crippen molar-refractivity contribution in [1.82, 2.24) is 10.2 Å². The van der Waals surface area contributed by atoms with E-state index in [1.54, 1.807) is 6.07 Å². The van der Waals surface area contributed by atoms with E-state index < -0.39 is 0 Å². The van der Waals surface area contributed by atoms with Gasteiger partial charge >= 0.3 is 5.97 Å². The molecule has 1 saturated carbocycles. The number of halogens is 2. The molecule has 7 heteroatoms. The molecule has 0 spiro atoms. The number of ether oxygens (including phenoxy) is 1. The smallest absolute Gasteiger partial charge is 0.308 e. The number of carbonyl (C=O) groups is 1. The third-order valence-electron chi connectivity index (χ3n) is 3.34. The number of methoxy groups -OCH3 is 1. The minimum Gasteiger partial charge on any atom is -0.469 e. The fourth-order valence-corrected chi connectivity index (χ4v) is 2.61. The van der Waals surface area contributed by atoms with Crippen LogP contribution in [0.2, 0.25) is 10.3 Å². The summed E-state index contributed by atoms with van der Waals surface area (Å²) in [6.45, 7) is 0. The third-order valence-corrected chi connectivity index (χ3v) is 3.80. The number of hydrogen-bond donors (Lipinski definition) is 1. The van der Waals surface area contributed by atoms with Crippen molar-refractivity contribution in [3.8, 4) is 0 Å². The summed E-state index contributed by atoms with van der Waals surface area (Å²) in [6.07, 6.45) is 3.40. The number of nitrogens with zero attached hydrogens (tertiary/aromatic N) is 2. The summed E-state index contributed by atoms with van der Waals surface area (Å²) in [5.74, 6) is -0.109. The molecule has 2 rings (SSSR count). The Morgan fingerprint density at radius 1 is 1.32 bits per heavy atom. The summed E-state index contributed by atoms with van der Waals surface area (Å²) in [6, 6.07) is 1.92. The Morgan fingerprint density at radius 2 is 2.00 bits per heavy atom. The number of nitrogens with one attached hydrogen (secondary N) is 1. The van der Waals surface area contributed by atoms with E-state index in [9.17, 15) is 4.79 Å². The molecule has 1 aliphatic carbocycles. The molecule has 0 atom stereocenters. The molecule has 0 bridgehead atoms. The first-order chi connectivity index (χ1) is 9.10. The molecule has 1 aromatic heterocycles. The summed E-state index contributed by atoms with van der Waals surface area (Å²) in [7, 11) is 1.43. The monoisotopic (exact) mass is 303 g/mol. The lowest BCUT2D eigenvalue weighted by atomic mass is 9.86. The van der Waals surface area contributed by atoms with Gasteiger partial charge in [0, 0.05) is 12.1 Å². The first-order valence-corrected chi connectivity index (χ1v) is 6.89. The maximum absolute atomic E-state index is 11.4. The van der Waals surface area contributed by atoms with Gasteiger partial charge in [0.25, 0.3) is 0 Å². The lowest BCUT2D eigenvalue weighted by Gasteiger charge is -2.28. The highest BCUT2D eigenvalue weighted by molar-refractivity contribution is 6.33. The highest BCUT2D eigenvalue weighted by atomic mass is 35.5. The summed E-state index contributed by atoms with van der Waals surface area (Å²) in [5.41, 5.74) is 0.684. The van der Waals surface area contributed by atoms with E-state index in [1.807, 2.05) is 0 Å². The third kappa shape index (κ3) is 3.70. The molecule has 1 N–H and O–H groups in total. The van der Waals surface area contributed by atoms with E-state index in [0.717, 1.165) is 25.7 Å². The van der Waals surface area contributed by atoms with Gasteiger partial charge in [-0.15, -0.1) is 10.2 Å². The molecule has 0 amide bonds. The molecule has 19 heavy (non-hydrogen) atoms. The van der Waals surface area contributed by atoms with Gasteiger partial charge in [-0.3, -0.25) is 4.79 Å². The Balaban J connectivity index is 1.92. The van der Waals surface area contributed by atoms with Crippen molar-refractivity contribution in [2.24, 2.45) is 5.92 Å². The number of anilines is 1. The van der Waals surface area contributed by atoms with Crippen LogP contribution in [-0.4, -0.2) is 29.3 Å². The van der Waals surface area contributed by atoms with Crippen molar-refractivity contribution >= 4 is 34.9 Å². The minimum atomic E-state index is -0.120. The minimum absolute atomic E-state index is 0.0117. The van der Waals surface area contributed by atoms with Crippen LogP contribution in [0.1, 0.15) is 25.7 Å². The average Bonchev–Trinajstić information content (AvgIpc) is 2.43. The van der Waals surface area contributed by atoms with Crippen LogP contribution in [0.15, 0.2) is 6.07 Å². The van der Waals surface area contributed by atoms with E-state index >= 15 is 0 Å². The van der Waals surface area contributed by atoms with Crippen LogP contribution in [-0.2, 0) is 9.53 Å². The number of rotatable bonds is 3. The molecular formula is C12H15Cl2N3O2. The number of aromatic nitrogens is 2. The molecule has 5 nitrogen and oxygen atoms in total. The molecule has 104 valence electrons. The second-order valence-corrected chi connectivity index (χ2v) is 5.33. The molecule has 0 aromatic carbocycles. The van der Waals surface area contributed by atoms with Gasteiger partial charge in [0.15, 0.2) is 10.3 Å². The molecule has 0 radical (unpaired) electrons. The lowest BCUT2D eigenvalue weighted by Crippen LogP contribution is -2.30. The molecule has 1 aromatic rings. The van der Waals surface area contributed by atoms with Crippen LogP contribution >= 0.6 is 23.2 Å². The molecular weight excluding hydrogens is 289 g/mol. The van der Waals surface area contributed by atoms with Gasteiger partial charge in [0.05, 0.1) is 18.7 Å². The van der Waals surface area contributed by atoms with Crippen LogP contribution < -0.4 is 5.32 Å². The number of esters is 1. The van der Waals surface area contributed by atoms with Gasteiger partial charge in [-0.1, -0.05) is 23.2 Å². The van der Waals surface area contributed by atoms with Gasteiger partial charge in [-0.2, -0.15) is 0 Å². The largest absolute Gasteiger partial charge is 0.469 e. The quantitative estimate of drug-likeness (QED) is 0.870. The predicted octanol–water partition coefficient (Wildman–Crippen LogP) is 2.93. The summed E-state index contributed by atoms with van der Waals surface area (Å²) < 4.78 is 4.76. The summed E-state index contributed by atoms with van der Waals surface area (Å²) in [5, 5.41) is 11.3. The van der Waals surface area contributed by atoms with Crippen molar-refractivity contribution in [2.45, 2.75) is 31.7 Å². The van der Waals surface area contributed by atoms with Gasteiger partial charge in [-0.05, 0) is 25.7 Å². The topological polar surface area (TPSA) is 64.1 Å². The fourth-order valence-electron chi connectivity index (χ4n) is 2.31. The Morgan fingerprint density at radius 3 is 2.63 bits per heavy atom. The fraction of sp³-hybridized carbons (Fsp3) is 0.583. The van der Waals surface area contributed by atoms with Gasteiger partial charge < -0.3 is 10.1 Å². The maximum Gasteiger partial charge on any atom is 0.308 e. The van der Waals surface area contributed by atoms with Crippen molar-refractivity contribution in [3.63, 3.8) is 0 Å². The second-order valence-electron chi connectivity index (χ2n) is 4.59. The van der Waals surface area contributed by atoms with E-state index in [2.05, 4.69) is 15.5 Å². The van der Waals surface area contributed by atoms with E-state index in [1.165, 1.54) is 7.11 Å². The standard InChI is InChI=1S/C12H15Cl2N3O2/c1-19-12(18)7-2-4-8(5-3-7)15-9-6-10(13)16-17-11(9)14/h6-8H,2-5H2,1H3,(H,15,16). The molecule has 0 unspecified atom stereocenters. The second kappa shape index (κ2) is 6.39. The van der Waals surface area contributed by atoms with Crippen molar-refractivity contribution < 1.29 is 9.53 Å². The van der Waals surface area contributed by atoms with Crippen LogP contribution in [0.3, 0.4) is 0 Å². The Bertz CT molecular complexity index is 462. The van der Waals surface area contributed by atoms with Crippen LogP contribution in [0.4, 0.5) is 5.69 Å². The maximum atomic E-state index is 11.4. The highest BCUT2D eigenvalue weighted by Gasteiger charge is 2.27. The Labute approximate surface area is 121 Å². The summed E-state index contributed by atoms with van der Waals surface area (Å²) in [4.78, 5) is 11.4. The van der Waals surface area contributed by atoms with Crippen LogP contribution in [0.5, 0.6) is 0 Å². The number of carbonyl (C=O) groups excluding carboxylic acids is 1. The van der Waals surface area contributed by atoms with Crippen LogP contribution in [0.25, 0.3) is 0 Å². The molecule has 1 aliphatic rings. The van der Waals surface area contributed by atoms with Crippen molar-refractivity contribution in [2.75, 3.05) is 12.4 Å². The summed E-state index contributed by atoms with van der Waals surface area (Å²) >= 11 is 11.7. The highest BCUT2D eigenvalue weighted by Crippen LogP contribution is 2.29. The molecule has 1 heterocycles. The zero-order chi connectivity index (χ0) is 13.8. The Hall–Kier alpha value is -1.07. The molecule has 0 aliphatic heterocycles. The first kappa shape index (κ1) is 14.3. The van der Waals surface area contributed by atoms with Gasteiger partial charge in [0.1, 0.15) is 0 Å². The van der Waals surface area contributed by atoms with E-state index in [0.29, 0.717) is 16.0 Å². The SMILES string of the molecule is COC(=O)C1CCC(Nc2cc(Cl)nnc2Cl)CC1. The van der Waals surface area contributed by atoms with E-state index in [-0.39, 0.29) is 17.9 Å². The first-order valence-electron chi connectivity index (χ1n) is 6.13. The molecule has 0 saturated heterocycles. The van der Waals surface area contributed by atoms with Gasteiger partial charge in [-0.25, -0.2) is 0 Å². The van der Waals surface area contributed by atoms with Gasteiger partial charge in [0.2, 0.25) is 0 Å². The predicted molar refractivity (Wildman–Crippen MR) is 73.4 cm³/mol. The average molecular weight is 304 g/mol. The van der Waals surface area contributed by atoms with Crippen LogP contribution in [0, 0.1) is 5.92 Å².